The summed E-state index contributed by atoms with van der Waals surface area (Å²) in [5.74, 6) is -0.275. The molecule has 0 spiro atoms. The van der Waals surface area contributed by atoms with Gasteiger partial charge in [0, 0.05) is 13.7 Å². The lowest BCUT2D eigenvalue weighted by molar-refractivity contribution is -0.106. The van der Waals surface area contributed by atoms with Crippen molar-refractivity contribution >= 4 is 29.5 Å². The molecule has 1 aromatic rings. The van der Waals surface area contributed by atoms with Crippen LogP contribution in [0.1, 0.15) is 31.7 Å². The highest BCUT2D eigenvalue weighted by Gasteiger charge is 2.36. The first-order chi connectivity index (χ1) is 11.9. The van der Waals surface area contributed by atoms with Crippen molar-refractivity contribution < 1.29 is 9.90 Å². The Bertz CT molecular complexity index is 665. The minimum Gasteiger partial charge on any atom is -0.400 e. The second-order valence-electron chi connectivity index (χ2n) is 6.37. The quantitative estimate of drug-likeness (QED) is 0.343. The van der Waals surface area contributed by atoms with Gasteiger partial charge in [0.05, 0.1) is 5.69 Å². The smallest absolute Gasteiger partial charge is 0.219 e. The minimum atomic E-state index is -0.274. The van der Waals surface area contributed by atoms with Crippen LogP contribution in [0.25, 0.3) is 0 Å². The molecule has 0 radical (unpaired) electrons. The number of aliphatic hydroxyl groups excluding tert-OH is 1. The maximum absolute atomic E-state index is 11.3. The average molecular weight is 345 g/mol. The Balaban J connectivity index is 0.00000151. The van der Waals surface area contributed by atoms with E-state index < -0.39 is 0 Å². The molecule has 1 aliphatic carbocycles. The summed E-state index contributed by atoms with van der Waals surface area (Å²) in [6.07, 6.45) is 3.87. The number of aliphatic hydroxyl groups is 1. The molecule has 0 bridgehead atoms. The maximum atomic E-state index is 11.3. The summed E-state index contributed by atoms with van der Waals surface area (Å²) < 4.78 is 0. The van der Waals surface area contributed by atoms with Crippen molar-refractivity contribution in [2.75, 3.05) is 18.6 Å². The topological polar surface area (TPSA) is 127 Å². The number of aliphatic imine (C=N–C) groups is 1. The summed E-state index contributed by atoms with van der Waals surface area (Å²) in [6, 6.07) is 7.18. The predicted molar refractivity (Wildman–Crippen MR) is 102 cm³/mol. The molecule has 5 N–H and O–H groups in total. The number of hydrogen-bond donors (Lipinski definition) is 4. The fourth-order valence-corrected chi connectivity index (χ4v) is 2.25. The van der Waals surface area contributed by atoms with Gasteiger partial charge in [-0.25, -0.2) is 0 Å². The molecule has 1 amide bonds. The highest BCUT2D eigenvalue weighted by Crippen LogP contribution is 2.47. The molecule has 0 atom stereocenters. The van der Waals surface area contributed by atoms with Gasteiger partial charge in [-0.3, -0.25) is 25.5 Å². The van der Waals surface area contributed by atoms with E-state index in [1.165, 1.54) is 12.8 Å². The molecule has 1 aromatic carbocycles. The van der Waals surface area contributed by atoms with Crippen LogP contribution in [0, 0.1) is 23.2 Å². The maximum Gasteiger partial charge on any atom is 0.219 e. The normalized spacial score (nSPS) is 14.8. The van der Waals surface area contributed by atoms with E-state index in [4.69, 9.17) is 21.7 Å². The standard InChI is InChI=1S/C17H23N5O.CH4O/c1-12-4-3-5-13(10-12)22(11-23)16(20)14(18)15(19)21-9-8-17(2)6-7-17;1-2/h3-5,10-11,18,20H,6-9H2,1-2H3,(H2,19,21);2H,1H3. The number of nitrogens with zero attached hydrogens (tertiary/aromatic N) is 2. The Morgan fingerprint density at radius 3 is 2.56 bits per heavy atom. The molecule has 25 heavy (non-hydrogen) atoms. The molecule has 1 fully saturated rings. The summed E-state index contributed by atoms with van der Waals surface area (Å²) in [7, 11) is 1.00. The Hall–Kier alpha value is -2.54. The Morgan fingerprint density at radius 2 is 2.04 bits per heavy atom. The van der Waals surface area contributed by atoms with Crippen molar-refractivity contribution in [3.8, 4) is 0 Å². The van der Waals surface area contributed by atoms with Gasteiger partial charge in [0.15, 0.2) is 5.84 Å². The summed E-state index contributed by atoms with van der Waals surface area (Å²) in [5.41, 5.74) is 7.45. The summed E-state index contributed by atoms with van der Waals surface area (Å²) >= 11 is 0. The van der Waals surface area contributed by atoms with Crippen molar-refractivity contribution in [3.05, 3.63) is 29.8 Å². The third kappa shape index (κ3) is 5.79. The molecule has 0 saturated heterocycles. The molecular weight excluding hydrogens is 318 g/mol. The van der Waals surface area contributed by atoms with Crippen LogP contribution in [0.2, 0.25) is 0 Å². The van der Waals surface area contributed by atoms with Crippen LogP contribution in [0.15, 0.2) is 29.3 Å². The molecule has 7 heteroatoms. The van der Waals surface area contributed by atoms with E-state index in [2.05, 4.69) is 11.9 Å². The summed E-state index contributed by atoms with van der Waals surface area (Å²) in [4.78, 5) is 16.6. The molecule has 0 aliphatic heterocycles. The van der Waals surface area contributed by atoms with Crippen molar-refractivity contribution in [3.63, 3.8) is 0 Å². The third-order valence-corrected chi connectivity index (χ3v) is 4.22. The number of nitrogens with one attached hydrogen (secondary N) is 2. The number of benzene rings is 1. The molecule has 2 rings (SSSR count). The van der Waals surface area contributed by atoms with E-state index in [1.54, 1.807) is 18.2 Å². The second-order valence-corrected chi connectivity index (χ2v) is 6.37. The monoisotopic (exact) mass is 345 g/mol. The van der Waals surface area contributed by atoms with E-state index >= 15 is 0 Å². The molecule has 0 aromatic heterocycles. The number of anilines is 1. The number of amides is 1. The van der Waals surface area contributed by atoms with Crippen LogP contribution >= 0.6 is 0 Å². The predicted octanol–water partition coefficient (Wildman–Crippen LogP) is 2.11. The number of hydrogen-bond acceptors (Lipinski definition) is 5. The SMILES string of the molecule is CO.Cc1cccc(N(C=O)C(=N)C(=N)C(N)=NCCC2(C)CC2)c1. The Morgan fingerprint density at radius 1 is 1.40 bits per heavy atom. The third-order valence-electron chi connectivity index (χ3n) is 4.22. The number of nitrogens with two attached hydrogens (primary N) is 1. The zero-order chi connectivity index (χ0) is 19.0. The molecule has 0 unspecified atom stereocenters. The fraction of sp³-hybridized carbons (Fsp3) is 0.444. The second kappa shape index (κ2) is 9.08. The number of amidine groups is 2. The zero-order valence-corrected chi connectivity index (χ0v) is 15.0. The van der Waals surface area contributed by atoms with Gasteiger partial charge in [0.25, 0.3) is 0 Å². The van der Waals surface area contributed by atoms with Gasteiger partial charge in [-0.15, -0.1) is 0 Å². The van der Waals surface area contributed by atoms with Gasteiger partial charge >= 0.3 is 0 Å². The summed E-state index contributed by atoms with van der Waals surface area (Å²) in [6.45, 7) is 4.65. The first kappa shape index (κ1) is 20.5. The number of carbonyl (C=O) groups excluding carboxylic acids is 1. The van der Waals surface area contributed by atoms with Crippen molar-refractivity contribution in [1.29, 1.82) is 10.8 Å². The van der Waals surface area contributed by atoms with Crippen LogP contribution in [-0.2, 0) is 4.79 Å². The van der Waals surface area contributed by atoms with Crippen molar-refractivity contribution in [2.24, 2.45) is 16.1 Å². The molecular formula is C18H27N5O2. The lowest BCUT2D eigenvalue weighted by Crippen LogP contribution is -2.41. The average Bonchev–Trinajstić information content (AvgIpc) is 3.34. The van der Waals surface area contributed by atoms with Gasteiger partial charge in [-0.05, 0) is 49.3 Å². The van der Waals surface area contributed by atoms with E-state index in [9.17, 15) is 4.79 Å². The first-order valence-electron chi connectivity index (χ1n) is 8.10. The van der Waals surface area contributed by atoms with Crippen LogP contribution < -0.4 is 10.6 Å². The zero-order valence-electron chi connectivity index (χ0n) is 15.0. The van der Waals surface area contributed by atoms with E-state index in [1.807, 2.05) is 13.0 Å². The number of aryl methyl sites for hydroxylation is 1. The lowest BCUT2D eigenvalue weighted by Gasteiger charge is -2.19. The molecule has 1 saturated carbocycles. The molecule has 136 valence electrons. The van der Waals surface area contributed by atoms with Gasteiger partial charge in [-0.2, -0.15) is 0 Å². The van der Waals surface area contributed by atoms with Crippen molar-refractivity contribution in [1.82, 2.24) is 0 Å². The highest BCUT2D eigenvalue weighted by molar-refractivity contribution is 6.69. The number of rotatable bonds is 7. The Labute approximate surface area is 148 Å². The fourth-order valence-electron chi connectivity index (χ4n) is 2.25. The van der Waals surface area contributed by atoms with Gasteiger partial charge in [-0.1, -0.05) is 19.1 Å². The van der Waals surface area contributed by atoms with E-state index in [-0.39, 0.29) is 17.4 Å². The Kier molecular flexibility index (Phi) is 7.44. The van der Waals surface area contributed by atoms with Crippen molar-refractivity contribution in [2.45, 2.75) is 33.1 Å². The molecule has 0 heterocycles. The minimum absolute atomic E-state index is 0.00115. The van der Waals surface area contributed by atoms with Crippen LogP contribution in [-0.4, -0.2) is 42.6 Å². The highest BCUT2D eigenvalue weighted by atomic mass is 16.2. The lowest BCUT2D eigenvalue weighted by atomic mass is 10.1. The number of carbonyl (C=O) groups is 1. The molecule has 7 nitrogen and oxygen atoms in total. The van der Waals surface area contributed by atoms with Gasteiger partial charge in [0.2, 0.25) is 6.41 Å². The van der Waals surface area contributed by atoms with E-state index in [0.29, 0.717) is 24.1 Å². The van der Waals surface area contributed by atoms with E-state index in [0.717, 1.165) is 24.0 Å². The van der Waals surface area contributed by atoms with Gasteiger partial charge in [0.1, 0.15) is 11.5 Å². The van der Waals surface area contributed by atoms with Crippen LogP contribution in [0.3, 0.4) is 0 Å². The summed E-state index contributed by atoms with van der Waals surface area (Å²) in [5, 5.41) is 23.1. The van der Waals surface area contributed by atoms with Crippen LogP contribution in [0.4, 0.5) is 5.69 Å². The molecule has 1 aliphatic rings. The van der Waals surface area contributed by atoms with Crippen LogP contribution in [0.5, 0.6) is 0 Å². The largest absolute Gasteiger partial charge is 0.400 e. The van der Waals surface area contributed by atoms with Gasteiger partial charge < -0.3 is 10.8 Å². The first-order valence-corrected chi connectivity index (χ1v) is 8.10.